The summed E-state index contributed by atoms with van der Waals surface area (Å²) in [7, 11) is 0. The van der Waals surface area contributed by atoms with Crippen LogP contribution in [0, 0.1) is 11.8 Å². The molecular formula is C28H37N7O11. The van der Waals surface area contributed by atoms with E-state index >= 15 is 0 Å². The van der Waals surface area contributed by atoms with Crippen LogP contribution in [0.15, 0.2) is 22.1 Å². The number of carbonyl (C=O) groups excluding carboxylic acids is 4. The Morgan fingerprint density at radius 1 is 1.22 bits per heavy atom. The lowest BCUT2D eigenvalue weighted by Gasteiger charge is -2.30. The van der Waals surface area contributed by atoms with Crippen LogP contribution in [0.5, 0.6) is 0 Å². The predicted molar refractivity (Wildman–Crippen MR) is 161 cm³/mol. The van der Waals surface area contributed by atoms with Gasteiger partial charge in [-0.05, 0) is 12.8 Å². The maximum atomic E-state index is 12.7. The van der Waals surface area contributed by atoms with Gasteiger partial charge in [0.25, 0.3) is 5.56 Å². The van der Waals surface area contributed by atoms with Crippen molar-refractivity contribution in [2.45, 2.75) is 64.7 Å². The van der Waals surface area contributed by atoms with Gasteiger partial charge in [-0.15, -0.1) is 0 Å². The molecule has 18 heteroatoms. The summed E-state index contributed by atoms with van der Waals surface area (Å²) in [5.74, 6) is -2.47. The van der Waals surface area contributed by atoms with Gasteiger partial charge in [0.05, 0.1) is 36.0 Å². The number of hydrogen-bond donors (Lipinski definition) is 6. The summed E-state index contributed by atoms with van der Waals surface area (Å²) < 4.78 is 22.6. The highest BCUT2D eigenvalue weighted by atomic mass is 16.7. The zero-order valence-corrected chi connectivity index (χ0v) is 25.8. The van der Waals surface area contributed by atoms with E-state index in [0.717, 1.165) is 6.07 Å². The molecule has 2 amide bonds. The van der Waals surface area contributed by atoms with Crippen molar-refractivity contribution in [2.24, 2.45) is 22.6 Å². The van der Waals surface area contributed by atoms with Crippen LogP contribution >= 0.6 is 0 Å². The van der Waals surface area contributed by atoms with E-state index in [1.807, 2.05) is 0 Å². The molecule has 18 nitrogen and oxygen atoms in total. The van der Waals surface area contributed by atoms with Crippen molar-refractivity contribution in [3.63, 3.8) is 0 Å². The van der Waals surface area contributed by atoms with Crippen molar-refractivity contribution >= 4 is 58.4 Å². The topological polar surface area (TPSA) is 255 Å². The predicted octanol–water partition coefficient (Wildman–Crippen LogP) is -0.161. The third-order valence-electron chi connectivity index (χ3n) is 7.35. The van der Waals surface area contributed by atoms with E-state index < -0.39 is 85.4 Å². The highest BCUT2D eigenvalue weighted by molar-refractivity contribution is 6.12. The minimum atomic E-state index is -1.99. The molecule has 0 bridgehead atoms. The molecule has 2 aromatic heterocycles. The summed E-state index contributed by atoms with van der Waals surface area (Å²) >= 11 is 0. The number of anilines is 2. The second kappa shape index (κ2) is 13.8. The van der Waals surface area contributed by atoms with E-state index in [0.29, 0.717) is 0 Å². The maximum absolute atomic E-state index is 12.7. The molecule has 250 valence electrons. The Labute approximate surface area is 262 Å². The molecule has 0 spiro atoms. The van der Waals surface area contributed by atoms with Gasteiger partial charge in [0.1, 0.15) is 29.9 Å². The van der Waals surface area contributed by atoms with Crippen LogP contribution in [0.4, 0.5) is 22.1 Å². The van der Waals surface area contributed by atoms with Crippen LogP contribution in [-0.4, -0.2) is 93.8 Å². The molecular weight excluding hydrogens is 610 g/mol. The summed E-state index contributed by atoms with van der Waals surface area (Å²) in [6.07, 6.45) is -2.32. The first kappa shape index (κ1) is 34.2. The van der Waals surface area contributed by atoms with Crippen LogP contribution in [0.1, 0.15) is 40.8 Å². The van der Waals surface area contributed by atoms with Gasteiger partial charge in [0, 0.05) is 17.6 Å². The number of nitrogens with two attached hydrogens (primary N) is 1. The molecule has 46 heavy (non-hydrogen) atoms. The molecule has 4 heterocycles. The normalized spacial score (nSPS) is 22.3. The quantitative estimate of drug-likeness (QED) is 0.137. The van der Waals surface area contributed by atoms with E-state index in [4.69, 9.17) is 24.7 Å². The largest absolute Gasteiger partial charge is 0.455 e. The van der Waals surface area contributed by atoms with Gasteiger partial charge in [-0.3, -0.25) is 24.5 Å². The number of nitrogens with one attached hydrogen (secondary N) is 3. The Hall–Kier alpha value is -4.65. The maximum Gasteiger partial charge on any atom is 0.414 e. The molecule has 0 radical (unpaired) electrons. The van der Waals surface area contributed by atoms with Crippen molar-refractivity contribution < 1.29 is 48.3 Å². The number of aliphatic imine (C=N–C) groups is 1. The highest BCUT2D eigenvalue weighted by Crippen LogP contribution is 2.46. The third-order valence-corrected chi connectivity index (χ3v) is 7.35. The smallest absolute Gasteiger partial charge is 0.414 e. The lowest BCUT2D eigenvalue weighted by Crippen LogP contribution is -2.49. The monoisotopic (exact) mass is 647 g/mol. The fourth-order valence-electron chi connectivity index (χ4n) is 4.81. The van der Waals surface area contributed by atoms with Crippen LogP contribution in [0.3, 0.4) is 0 Å². The molecule has 4 rings (SSSR count). The number of aliphatic hydroxyl groups is 2. The lowest BCUT2D eigenvalue weighted by atomic mass is 9.96. The first-order valence-electron chi connectivity index (χ1n) is 14.4. The first-order chi connectivity index (χ1) is 21.6. The number of esters is 2. The number of aliphatic hydroxyl groups excluding tert-OH is 1. The van der Waals surface area contributed by atoms with Crippen molar-refractivity contribution in [3.05, 3.63) is 22.6 Å². The van der Waals surface area contributed by atoms with Gasteiger partial charge < -0.3 is 50.1 Å². The van der Waals surface area contributed by atoms with Crippen LogP contribution < -0.4 is 27.2 Å². The zero-order valence-electron chi connectivity index (χ0n) is 25.8. The SMILES string of the molecule is CC(C)C(=O)OCOC(=O)Nc1cc(=O)nc2c3c(n(C4OC(CO)C(OC(=O)CNC(=O)C(N)C(C)C)C4(C)O)cc13)N=CN2. The number of nitrogens with zero attached hydrogens (tertiary/aromatic N) is 3. The number of amides is 2. The standard InChI is InChI=1S/C28H37N7O11/c1-12(2)20(29)24(39)30-7-18(38)46-21-16(9-36)45-26(28(21,5)42)35-8-14-15(33-27(41)44-11-43-25(40)13(3)4)6-17(37)34-22-19(14)23(35)32-10-31-22/h6,8,10,12-13,16,20-21,26,36,42H,7,9,11,29H2,1-5H3,(H,30,39)(H,33,41)(H,31,32,34,37). The van der Waals surface area contributed by atoms with Gasteiger partial charge in [0.15, 0.2) is 12.3 Å². The van der Waals surface area contributed by atoms with Crippen molar-refractivity contribution in [1.82, 2.24) is 14.9 Å². The summed E-state index contributed by atoms with van der Waals surface area (Å²) in [5.41, 5.74) is 3.02. The third kappa shape index (κ3) is 7.09. The fraction of sp³-hybridized carbons (Fsp3) is 0.536. The Morgan fingerprint density at radius 3 is 2.59 bits per heavy atom. The summed E-state index contributed by atoms with van der Waals surface area (Å²) in [6.45, 7) is 6.16. The molecule has 2 aliphatic rings. The Balaban J connectivity index is 1.63. The number of aromatic nitrogens is 2. The minimum Gasteiger partial charge on any atom is -0.455 e. The average molecular weight is 648 g/mol. The molecule has 0 saturated carbocycles. The van der Waals surface area contributed by atoms with E-state index in [2.05, 4.69) is 25.9 Å². The average Bonchev–Trinajstić information content (AvgIpc) is 3.44. The van der Waals surface area contributed by atoms with E-state index in [-0.39, 0.29) is 34.0 Å². The Kier molecular flexibility index (Phi) is 10.2. The van der Waals surface area contributed by atoms with E-state index in [9.17, 15) is 34.2 Å². The number of hydrogen-bond acceptors (Lipinski definition) is 15. The van der Waals surface area contributed by atoms with E-state index in [1.54, 1.807) is 27.7 Å². The van der Waals surface area contributed by atoms with Gasteiger partial charge in [-0.1, -0.05) is 27.7 Å². The van der Waals surface area contributed by atoms with Crippen LogP contribution in [0.25, 0.3) is 10.8 Å². The van der Waals surface area contributed by atoms with Gasteiger partial charge in [-0.2, -0.15) is 4.98 Å². The summed E-state index contributed by atoms with van der Waals surface area (Å²) in [5, 5.41) is 29.8. The van der Waals surface area contributed by atoms with Crippen molar-refractivity contribution in [1.29, 1.82) is 0 Å². The van der Waals surface area contributed by atoms with Gasteiger partial charge in [0.2, 0.25) is 12.7 Å². The van der Waals surface area contributed by atoms with Gasteiger partial charge >= 0.3 is 18.0 Å². The minimum absolute atomic E-state index is 0.0625. The van der Waals surface area contributed by atoms with E-state index in [1.165, 1.54) is 24.0 Å². The van der Waals surface area contributed by atoms with Gasteiger partial charge in [-0.25, -0.2) is 9.79 Å². The Bertz CT molecular complexity index is 1600. The molecule has 0 aromatic carbocycles. The molecule has 1 saturated heterocycles. The molecule has 5 unspecified atom stereocenters. The first-order valence-corrected chi connectivity index (χ1v) is 14.4. The van der Waals surface area contributed by atoms with Crippen molar-refractivity contribution in [3.8, 4) is 0 Å². The van der Waals surface area contributed by atoms with Crippen LogP contribution in [-0.2, 0) is 33.3 Å². The molecule has 0 aliphatic carbocycles. The number of ether oxygens (including phenoxy) is 4. The molecule has 7 N–H and O–H groups in total. The lowest BCUT2D eigenvalue weighted by molar-refractivity contribution is -0.163. The molecule has 2 aliphatic heterocycles. The molecule has 5 atom stereocenters. The van der Waals surface area contributed by atoms with Crippen LogP contribution in [0.2, 0.25) is 0 Å². The number of carbonyl (C=O) groups is 4. The molecule has 1 fully saturated rings. The Morgan fingerprint density at radius 2 is 1.93 bits per heavy atom. The second-order valence-electron chi connectivity index (χ2n) is 11.5. The zero-order chi connectivity index (χ0) is 33.9. The number of rotatable bonds is 11. The highest BCUT2D eigenvalue weighted by Gasteiger charge is 2.56. The summed E-state index contributed by atoms with van der Waals surface area (Å²) in [6, 6.07) is 0.181. The second-order valence-corrected chi connectivity index (χ2v) is 11.5. The molecule has 2 aromatic rings. The summed E-state index contributed by atoms with van der Waals surface area (Å²) in [4.78, 5) is 70.0. The fourth-order valence-corrected chi connectivity index (χ4v) is 4.81. The van der Waals surface area contributed by atoms with Crippen molar-refractivity contribution in [2.75, 3.05) is 30.6 Å².